The van der Waals surface area contributed by atoms with Crippen LogP contribution >= 0.6 is 22.7 Å². The number of thiophene rings is 1. The van der Waals surface area contributed by atoms with E-state index < -0.39 is 0 Å². The number of nitrogens with zero attached hydrogens (tertiary/aromatic N) is 2. The summed E-state index contributed by atoms with van der Waals surface area (Å²) < 4.78 is 0. The Morgan fingerprint density at radius 1 is 1.22 bits per heavy atom. The van der Waals surface area contributed by atoms with E-state index in [1.165, 1.54) is 9.75 Å². The van der Waals surface area contributed by atoms with Crippen LogP contribution in [0.1, 0.15) is 4.88 Å². The quantitative estimate of drug-likeness (QED) is 0.772. The van der Waals surface area contributed by atoms with Gasteiger partial charge in [-0.05, 0) is 30.5 Å². The van der Waals surface area contributed by atoms with E-state index in [9.17, 15) is 0 Å². The van der Waals surface area contributed by atoms with Gasteiger partial charge in [0, 0.05) is 11.1 Å². The fraction of sp³-hybridized carbons (Fsp3) is 0.0769. The lowest BCUT2D eigenvalue weighted by molar-refractivity contribution is 1.32. The van der Waals surface area contributed by atoms with Crippen LogP contribution in [0.15, 0.2) is 35.8 Å². The van der Waals surface area contributed by atoms with Crippen molar-refractivity contribution >= 4 is 28.5 Å². The summed E-state index contributed by atoms with van der Waals surface area (Å²) in [4.78, 5) is 11.2. The zero-order valence-corrected chi connectivity index (χ0v) is 11.4. The molecule has 3 nitrogen and oxygen atoms in total. The first kappa shape index (κ1) is 11.4. The van der Waals surface area contributed by atoms with Gasteiger partial charge in [0.15, 0.2) is 0 Å². The number of nitrogen functional groups attached to an aromatic ring is 1. The first-order valence-electron chi connectivity index (χ1n) is 5.48. The van der Waals surface area contributed by atoms with Crippen LogP contribution in [0.5, 0.6) is 0 Å². The molecule has 0 fully saturated rings. The number of aryl methyl sites for hydroxylation is 1. The molecular weight excluding hydrogens is 262 g/mol. The van der Waals surface area contributed by atoms with Crippen molar-refractivity contribution in [3.05, 3.63) is 40.7 Å². The largest absolute Gasteiger partial charge is 0.383 e. The molecule has 90 valence electrons. The number of nitrogens with two attached hydrogens (primary N) is 1. The summed E-state index contributed by atoms with van der Waals surface area (Å²) in [6.45, 7) is 2.09. The van der Waals surface area contributed by atoms with Gasteiger partial charge in [-0.25, -0.2) is 9.97 Å². The molecule has 3 aromatic heterocycles. The predicted molar refractivity (Wildman–Crippen MR) is 77.8 cm³/mol. The maximum Gasteiger partial charge on any atom is 0.133 e. The third-order valence-corrected chi connectivity index (χ3v) is 4.50. The second kappa shape index (κ2) is 4.51. The van der Waals surface area contributed by atoms with Crippen molar-refractivity contribution < 1.29 is 0 Å². The van der Waals surface area contributed by atoms with Gasteiger partial charge < -0.3 is 5.73 Å². The van der Waals surface area contributed by atoms with Crippen molar-refractivity contribution in [1.29, 1.82) is 0 Å². The van der Waals surface area contributed by atoms with Gasteiger partial charge in [0.1, 0.15) is 10.8 Å². The van der Waals surface area contributed by atoms with Crippen LogP contribution in [-0.4, -0.2) is 9.97 Å². The standard InChI is InChI=1S/C13H11N3S2/c1-8-11(10-5-3-7-17-10)16-13(18-8)9-4-2-6-15-12(9)14/h2-7H,1H3,(H2,14,15). The molecular formula is C13H11N3S2. The Kier molecular flexibility index (Phi) is 2.85. The maximum atomic E-state index is 5.89. The molecule has 0 aliphatic rings. The number of hydrogen-bond acceptors (Lipinski definition) is 5. The van der Waals surface area contributed by atoms with E-state index >= 15 is 0 Å². The van der Waals surface area contributed by atoms with E-state index in [1.54, 1.807) is 28.9 Å². The lowest BCUT2D eigenvalue weighted by atomic mass is 10.2. The first-order chi connectivity index (χ1) is 8.75. The fourth-order valence-electron chi connectivity index (χ4n) is 1.75. The molecule has 0 saturated carbocycles. The molecule has 18 heavy (non-hydrogen) atoms. The normalized spacial score (nSPS) is 10.7. The second-order valence-corrected chi connectivity index (χ2v) is 5.99. The van der Waals surface area contributed by atoms with E-state index in [4.69, 9.17) is 10.7 Å². The van der Waals surface area contributed by atoms with Crippen molar-refractivity contribution in [1.82, 2.24) is 9.97 Å². The minimum atomic E-state index is 0.531. The smallest absolute Gasteiger partial charge is 0.133 e. The number of aromatic nitrogens is 2. The Labute approximate surface area is 113 Å². The highest BCUT2D eigenvalue weighted by Gasteiger charge is 2.13. The van der Waals surface area contributed by atoms with Gasteiger partial charge in [-0.1, -0.05) is 6.07 Å². The average Bonchev–Trinajstić information content (AvgIpc) is 2.98. The Hall–Kier alpha value is -1.72. The highest BCUT2D eigenvalue weighted by Crippen LogP contribution is 2.36. The highest BCUT2D eigenvalue weighted by atomic mass is 32.1. The van der Waals surface area contributed by atoms with E-state index in [1.807, 2.05) is 18.2 Å². The first-order valence-corrected chi connectivity index (χ1v) is 7.17. The molecule has 3 rings (SSSR count). The van der Waals surface area contributed by atoms with Gasteiger partial charge in [0.2, 0.25) is 0 Å². The van der Waals surface area contributed by atoms with Crippen molar-refractivity contribution in [3.8, 4) is 21.1 Å². The summed E-state index contributed by atoms with van der Waals surface area (Å²) in [5.74, 6) is 0.531. The number of anilines is 1. The molecule has 0 atom stereocenters. The lowest BCUT2D eigenvalue weighted by Gasteiger charge is -1.98. The summed E-state index contributed by atoms with van der Waals surface area (Å²) in [7, 11) is 0. The number of rotatable bonds is 2. The van der Waals surface area contributed by atoms with Gasteiger partial charge in [0.25, 0.3) is 0 Å². The molecule has 0 amide bonds. The van der Waals surface area contributed by atoms with Crippen LogP contribution in [0, 0.1) is 6.92 Å². The molecule has 3 aromatic rings. The average molecular weight is 273 g/mol. The third-order valence-electron chi connectivity index (χ3n) is 2.62. The van der Waals surface area contributed by atoms with Crippen LogP contribution < -0.4 is 5.73 Å². The Morgan fingerprint density at radius 2 is 2.11 bits per heavy atom. The summed E-state index contributed by atoms with van der Waals surface area (Å²) >= 11 is 3.36. The van der Waals surface area contributed by atoms with E-state index in [0.29, 0.717) is 5.82 Å². The highest BCUT2D eigenvalue weighted by molar-refractivity contribution is 7.17. The molecule has 0 aliphatic carbocycles. The molecule has 0 aliphatic heterocycles. The van der Waals surface area contributed by atoms with Gasteiger partial charge in [-0.2, -0.15) is 0 Å². The number of thiazole rings is 1. The Bertz CT molecular complexity index is 671. The van der Waals surface area contributed by atoms with E-state index in [2.05, 4.69) is 23.4 Å². The van der Waals surface area contributed by atoms with Crippen molar-refractivity contribution in [2.24, 2.45) is 0 Å². The predicted octanol–water partition coefficient (Wildman–Crippen LogP) is 3.82. The monoisotopic (exact) mass is 273 g/mol. The molecule has 0 saturated heterocycles. The summed E-state index contributed by atoms with van der Waals surface area (Å²) in [6, 6.07) is 7.96. The van der Waals surface area contributed by atoms with Gasteiger partial charge in [-0.15, -0.1) is 22.7 Å². The van der Waals surface area contributed by atoms with Gasteiger partial charge in [-0.3, -0.25) is 0 Å². The van der Waals surface area contributed by atoms with Crippen molar-refractivity contribution in [2.45, 2.75) is 6.92 Å². The number of pyridine rings is 1. The SMILES string of the molecule is Cc1sc(-c2cccnc2N)nc1-c1cccs1. The summed E-state index contributed by atoms with van der Waals surface area (Å²) in [5.41, 5.74) is 7.85. The van der Waals surface area contributed by atoms with Crippen LogP contribution in [0.2, 0.25) is 0 Å². The molecule has 0 bridgehead atoms. The zero-order chi connectivity index (χ0) is 12.5. The molecule has 2 N–H and O–H groups in total. The molecule has 0 aromatic carbocycles. The summed E-state index contributed by atoms with van der Waals surface area (Å²) in [5, 5.41) is 2.99. The maximum absolute atomic E-state index is 5.89. The van der Waals surface area contributed by atoms with Crippen LogP contribution in [-0.2, 0) is 0 Å². The van der Waals surface area contributed by atoms with Crippen molar-refractivity contribution in [3.63, 3.8) is 0 Å². The van der Waals surface area contributed by atoms with Crippen molar-refractivity contribution in [2.75, 3.05) is 5.73 Å². The van der Waals surface area contributed by atoms with E-state index in [-0.39, 0.29) is 0 Å². The third kappa shape index (κ3) is 1.91. The lowest BCUT2D eigenvalue weighted by Crippen LogP contribution is -1.92. The Balaban J connectivity index is 2.11. The topological polar surface area (TPSA) is 51.8 Å². The van der Waals surface area contributed by atoms with Crippen LogP contribution in [0.4, 0.5) is 5.82 Å². The molecule has 0 spiro atoms. The van der Waals surface area contributed by atoms with E-state index in [0.717, 1.165) is 16.3 Å². The van der Waals surface area contributed by atoms with Gasteiger partial charge in [0.05, 0.1) is 16.1 Å². The molecule has 3 heterocycles. The minimum Gasteiger partial charge on any atom is -0.383 e. The zero-order valence-electron chi connectivity index (χ0n) is 9.75. The van der Waals surface area contributed by atoms with Crippen LogP contribution in [0.3, 0.4) is 0 Å². The van der Waals surface area contributed by atoms with Crippen LogP contribution in [0.25, 0.3) is 21.1 Å². The van der Waals surface area contributed by atoms with Gasteiger partial charge >= 0.3 is 0 Å². The Morgan fingerprint density at radius 3 is 2.83 bits per heavy atom. The minimum absolute atomic E-state index is 0.531. The second-order valence-electron chi connectivity index (χ2n) is 3.84. The molecule has 5 heteroatoms. The number of hydrogen-bond donors (Lipinski definition) is 1. The molecule has 0 radical (unpaired) electrons. The summed E-state index contributed by atoms with van der Waals surface area (Å²) in [6.07, 6.45) is 1.69. The molecule has 0 unspecified atom stereocenters. The fourth-order valence-corrected chi connectivity index (χ4v) is 3.55.